The fraction of sp³-hybridized carbons (Fsp3) is 0.571. The summed E-state index contributed by atoms with van der Waals surface area (Å²) in [4.78, 5) is 0. The molecule has 0 aromatic heterocycles. The molecule has 0 radical (unpaired) electrons. The van der Waals surface area contributed by atoms with Crippen LogP contribution in [0.25, 0.3) is 0 Å². The molecule has 1 aromatic carbocycles. The van der Waals surface area contributed by atoms with Crippen LogP contribution in [0.2, 0.25) is 0 Å². The smallest absolute Gasteiger partial charge is 0.154 e. The van der Waals surface area contributed by atoms with Crippen LogP contribution in [-0.4, -0.2) is 39.7 Å². The summed E-state index contributed by atoms with van der Waals surface area (Å²) in [5.41, 5.74) is 6.04. The number of hydrogen-bond acceptors (Lipinski definition) is 4. The van der Waals surface area contributed by atoms with Crippen LogP contribution in [-0.2, 0) is 14.6 Å². The lowest BCUT2D eigenvalue weighted by molar-refractivity contribution is 0.142. The van der Waals surface area contributed by atoms with Crippen LogP contribution in [0.5, 0.6) is 0 Å². The Kier molecular flexibility index (Phi) is 4.18. The minimum atomic E-state index is -3.23. The Morgan fingerprint density at radius 1 is 1.35 bits per heavy atom. The number of nitrogens with two attached hydrogens (primary N) is 1. The molecule has 2 N–H and O–H groups in total. The van der Waals surface area contributed by atoms with E-state index in [1.54, 1.807) is 19.1 Å². The summed E-state index contributed by atoms with van der Waals surface area (Å²) in [5, 5.41) is -0.546. The highest BCUT2D eigenvalue weighted by atomic mass is 32.2. The molecule has 0 aliphatic heterocycles. The van der Waals surface area contributed by atoms with Crippen molar-refractivity contribution in [2.24, 2.45) is 11.1 Å². The van der Waals surface area contributed by atoms with Gasteiger partial charge in [-0.1, -0.05) is 19.1 Å². The van der Waals surface area contributed by atoms with E-state index in [1.807, 2.05) is 0 Å². The van der Waals surface area contributed by atoms with E-state index in [-0.39, 0.29) is 30.6 Å². The summed E-state index contributed by atoms with van der Waals surface area (Å²) in [6.45, 7) is 2.14. The predicted octanol–water partition coefficient (Wildman–Crippen LogP) is 1.32. The third kappa shape index (κ3) is 2.36. The molecule has 20 heavy (non-hydrogen) atoms. The minimum Gasteiger partial charge on any atom is -0.384 e. The van der Waals surface area contributed by atoms with E-state index in [9.17, 15) is 12.8 Å². The van der Waals surface area contributed by atoms with Gasteiger partial charge in [-0.2, -0.15) is 0 Å². The average molecular weight is 301 g/mol. The molecule has 0 saturated heterocycles. The molecule has 0 amide bonds. The third-order valence-corrected chi connectivity index (χ3v) is 6.51. The van der Waals surface area contributed by atoms with Crippen LogP contribution in [0.15, 0.2) is 24.3 Å². The van der Waals surface area contributed by atoms with E-state index in [0.717, 1.165) is 5.56 Å². The van der Waals surface area contributed by atoms with Gasteiger partial charge in [0, 0.05) is 30.7 Å². The summed E-state index contributed by atoms with van der Waals surface area (Å²) in [5.74, 6) is -0.492. The number of hydrogen-bond donors (Lipinski definition) is 1. The number of sulfone groups is 1. The van der Waals surface area contributed by atoms with Gasteiger partial charge in [-0.25, -0.2) is 12.8 Å². The normalized spacial score (nSPS) is 29.4. The SMILES string of the molecule is CCS(=O)(=O)[C@H]1[C@@H](c2ccc(F)cc2)[C@@]1(CN)COC. The number of ether oxygens (including phenoxy) is 1. The van der Waals surface area contributed by atoms with Crippen LogP contribution in [0.3, 0.4) is 0 Å². The van der Waals surface area contributed by atoms with Gasteiger partial charge in [0.15, 0.2) is 9.84 Å². The van der Waals surface area contributed by atoms with E-state index in [1.165, 1.54) is 19.2 Å². The van der Waals surface area contributed by atoms with Gasteiger partial charge < -0.3 is 10.5 Å². The van der Waals surface area contributed by atoms with Gasteiger partial charge in [-0.3, -0.25) is 0 Å². The summed E-state index contributed by atoms with van der Waals surface area (Å²) < 4.78 is 42.8. The van der Waals surface area contributed by atoms with E-state index in [0.29, 0.717) is 0 Å². The Balaban J connectivity index is 2.42. The van der Waals surface area contributed by atoms with Crippen molar-refractivity contribution in [3.63, 3.8) is 0 Å². The highest BCUT2D eigenvalue weighted by Crippen LogP contribution is 2.62. The van der Waals surface area contributed by atoms with Gasteiger partial charge in [0.05, 0.1) is 11.9 Å². The average Bonchev–Trinajstić information content (AvgIpc) is 3.10. The molecular formula is C14H20FNO3S. The van der Waals surface area contributed by atoms with Gasteiger partial charge in [-0.15, -0.1) is 0 Å². The van der Waals surface area contributed by atoms with Crippen molar-refractivity contribution in [2.45, 2.75) is 18.1 Å². The maximum atomic E-state index is 13.0. The molecule has 1 saturated carbocycles. The lowest BCUT2D eigenvalue weighted by Gasteiger charge is -2.14. The molecule has 2 rings (SSSR count). The Morgan fingerprint density at radius 2 is 1.95 bits per heavy atom. The van der Waals surface area contributed by atoms with Crippen LogP contribution in [0.1, 0.15) is 18.4 Å². The summed E-state index contributed by atoms with van der Waals surface area (Å²) in [6, 6.07) is 5.95. The second-order valence-electron chi connectivity index (χ2n) is 5.27. The summed E-state index contributed by atoms with van der Waals surface area (Å²) in [7, 11) is -1.69. The van der Waals surface area contributed by atoms with E-state index in [4.69, 9.17) is 10.5 Å². The van der Waals surface area contributed by atoms with Crippen LogP contribution >= 0.6 is 0 Å². The Morgan fingerprint density at radius 3 is 2.40 bits per heavy atom. The van der Waals surface area contributed by atoms with Crippen LogP contribution in [0.4, 0.5) is 4.39 Å². The fourth-order valence-electron chi connectivity index (χ4n) is 3.12. The van der Waals surface area contributed by atoms with Crippen molar-refractivity contribution in [3.05, 3.63) is 35.6 Å². The molecule has 0 bridgehead atoms. The quantitative estimate of drug-likeness (QED) is 0.860. The molecule has 0 heterocycles. The zero-order valence-electron chi connectivity index (χ0n) is 11.7. The first-order valence-corrected chi connectivity index (χ1v) is 8.30. The zero-order chi connectivity index (χ0) is 15.0. The first-order valence-electron chi connectivity index (χ1n) is 6.59. The van der Waals surface area contributed by atoms with E-state index < -0.39 is 20.5 Å². The Labute approximate surface area is 119 Å². The maximum absolute atomic E-state index is 13.0. The Hall–Kier alpha value is -0.980. The standard InChI is InChI=1S/C14H20FNO3S/c1-3-20(17,18)13-12(14(13,8-16)9-19-2)10-4-6-11(15)7-5-10/h4-7,12-13H,3,8-9,16H2,1-2H3/t12-,13+,14-/m1/s1. The molecule has 4 nitrogen and oxygen atoms in total. The lowest BCUT2D eigenvalue weighted by atomic mass is 10.00. The van der Waals surface area contributed by atoms with Crippen molar-refractivity contribution >= 4 is 9.84 Å². The van der Waals surface area contributed by atoms with Crippen LogP contribution < -0.4 is 5.73 Å². The second-order valence-corrected chi connectivity index (χ2v) is 7.68. The van der Waals surface area contributed by atoms with Crippen molar-refractivity contribution in [3.8, 4) is 0 Å². The molecular weight excluding hydrogens is 281 g/mol. The Bertz CT molecular complexity index is 573. The minimum absolute atomic E-state index is 0.0703. The third-order valence-electron chi connectivity index (χ3n) is 4.19. The first-order chi connectivity index (χ1) is 9.43. The molecule has 1 aromatic rings. The topological polar surface area (TPSA) is 69.4 Å². The summed E-state index contributed by atoms with van der Waals surface area (Å²) in [6.07, 6.45) is 0. The molecule has 1 aliphatic carbocycles. The summed E-state index contributed by atoms with van der Waals surface area (Å²) >= 11 is 0. The van der Waals surface area contributed by atoms with E-state index >= 15 is 0 Å². The van der Waals surface area contributed by atoms with Crippen molar-refractivity contribution in [1.82, 2.24) is 0 Å². The lowest BCUT2D eigenvalue weighted by Crippen LogP contribution is -2.28. The second kappa shape index (κ2) is 5.42. The molecule has 6 heteroatoms. The van der Waals surface area contributed by atoms with Gasteiger partial charge in [0.2, 0.25) is 0 Å². The monoisotopic (exact) mass is 301 g/mol. The van der Waals surface area contributed by atoms with Gasteiger partial charge in [0.1, 0.15) is 5.82 Å². The highest BCUT2D eigenvalue weighted by molar-refractivity contribution is 7.92. The highest BCUT2D eigenvalue weighted by Gasteiger charge is 2.69. The van der Waals surface area contributed by atoms with Gasteiger partial charge in [-0.05, 0) is 17.7 Å². The number of halogens is 1. The maximum Gasteiger partial charge on any atom is 0.154 e. The van der Waals surface area contributed by atoms with Crippen molar-refractivity contribution < 1.29 is 17.5 Å². The van der Waals surface area contributed by atoms with Crippen molar-refractivity contribution in [2.75, 3.05) is 26.0 Å². The number of benzene rings is 1. The molecule has 1 aliphatic rings. The molecule has 112 valence electrons. The largest absolute Gasteiger partial charge is 0.384 e. The fourth-order valence-corrected chi connectivity index (χ4v) is 5.27. The predicted molar refractivity (Wildman–Crippen MR) is 75.8 cm³/mol. The van der Waals surface area contributed by atoms with Crippen LogP contribution in [0, 0.1) is 11.2 Å². The van der Waals surface area contributed by atoms with Gasteiger partial charge >= 0.3 is 0 Å². The first kappa shape index (κ1) is 15.4. The van der Waals surface area contributed by atoms with E-state index in [2.05, 4.69) is 0 Å². The molecule has 3 atom stereocenters. The number of methoxy groups -OCH3 is 1. The number of rotatable bonds is 6. The molecule has 1 fully saturated rings. The molecule has 0 unspecified atom stereocenters. The van der Waals surface area contributed by atoms with Crippen molar-refractivity contribution in [1.29, 1.82) is 0 Å². The zero-order valence-corrected chi connectivity index (χ0v) is 12.5. The van der Waals surface area contributed by atoms with Gasteiger partial charge in [0.25, 0.3) is 0 Å². The molecule has 0 spiro atoms.